The summed E-state index contributed by atoms with van der Waals surface area (Å²) in [6.07, 6.45) is 6.30. The number of nitrogens with one attached hydrogen (secondary N) is 2. The first kappa shape index (κ1) is 31.0. The number of benzene rings is 1. The van der Waals surface area contributed by atoms with Crippen LogP contribution in [-0.2, 0) is 32.0 Å². The standard InChI is InChI=1S/C32H43N5O5/c1-31(2,3)42-30(41)37-17-10-8-6-7-9-16-36(29(40)32(37,4)5)21-27(39)34-25-14-13-22-18-23-12-11-15-33-28(23)35-26(38)20-24(22)19-25/h11-15,19H,6-10,16-18,20-21H2,1-5H3,(H,34,39)(H,33,35,38). The number of pyridine rings is 1. The van der Waals surface area contributed by atoms with Crippen molar-refractivity contribution in [3.63, 3.8) is 0 Å². The number of carbonyl (C=O) groups is 4. The number of anilines is 2. The van der Waals surface area contributed by atoms with Gasteiger partial charge in [-0.1, -0.05) is 31.4 Å². The minimum absolute atomic E-state index is 0.152. The van der Waals surface area contributed by atoms with Crippen LogP contribution in [0.1, 0.15) is 83.4 Å². The fourth-order valence-corrected chi connectivity index (χ4v) is 5.44. The topological polar surface area (TPSA) is 121 Å². The summed E-state index contributed by atoms with van der Waals surface area (Å²) in [7, 11) is 0. The fraction of sp³-hybridized carbons (Fsp3) is 0.531. The van der Waals surface area contributed by atoms with Crippen molar-refractivity contribution in [3.8, 4) is 0 Å². The van der Waals surface area contributed by atoms with E-state index in [9.17, 15) is 19.2 Å². The average Bonchev–Trinajstić information content (AvgIpc) is 2.91. The van der Waals surface area contributed by atoms with E-state index in [1.54, 1.807) is 45.7 Å². The molecule has 0 bridgehead atoms. The molecule has 2 aliphatic rings. The molecular formula is C32H43N5O5. The predicted molar refractivity (Wildman–Crippen MR) is 161 cm³/mol. The maximum Gasteiger partial charge on any atom is 0.411 e. The molecule has 10 nitrogen and oxygen atoms in total. The molecule has 0 aliphatic carbocycles. The van der Waals surface area contributed by atoms with E-state index in [4.69, 9.17) is 4.74 Å². The molecule has 2 aliphatic heterocycles. The molecular weight excluding hydrogens is 534 g/mol. The zero-order chi connectivity index (χ0) is 30.5. The van der Waals surface area contributed by atoms with E-state index in [-0.39, 0.29) is 30.7 Å². The van der Waals surface area contributed by atoms with Crippen LogP contribution in [0.4, 0.5) is 16.3 Å². The molecule has 0 radical (unpaired) electrons. The third-order valence-electron chi connectivity index (χ3n) is 7.61. The van der Waals surface area contributed by atoms with E-state index in [2.05, 4.69) is 15.6 Å². The summed E-state index contributed by atoms with van der Waals surface area (Å²) in [5.41, 5.74) is 1.39. The van der Waals surface area contributed by atoms with Gasteiger partial charge >= 0.3 is 6.09 Å². The Morgan fingerprint density at radius 3 is 2.43 bits per heavy atom. The van der Waals surface area contributed by atoms with Gasteiger partial charge in [-0.3, -0.25) is 19.3 Å². The molecule has 4 rings (SSSR count). The van der Waals surface area contributed by atoms with Crippen molar-refractivity contribution in [1.29, 1.82) is 0 Å². The SMILES string of the molecule is CC(C)(C)OC(=O)N1CCCCCCCN(CC(=O)Nc2ccc3c(c2)CC(=O)Nc2ncccc2C3)C(=O)C1(C)C. The van der Waals surface area contributed by atoms with Crippen LogP contribution in [0.5, 0.6) is 0 Å². The molecule has 0 unspecified atom stereocenters. The molecule has 1 aromatic heterocycles. The zero-order valence-electron chi connectivity index (χ0n) is 25.4. The Balaban J connectivity index is 1.50. The predicted octanol–water partition coefficient (Wildman–Crippen LogP) is 4.91. The van der Waals surface area contributed by atoms with E-state index in [0.717, 1.165) is 48.8 Å². The highest BCUT2D eigenvalue weighted by atomic mass is 16.6. The molecule has 0 atom stereocenters. The summed E-state index contributed by atoms with van der Waals surface area (Å²) in [5.74, 6) is -0.251. The van der Waals surface area contributed by atoms with E-state index >= 15 is 0 Å². The summed E-state index contributed by atoms with van der Waals surface area (Å²) in [5, 5.41) is 5.78. The van der Waals surface area contributed by atoms with Gasteiger partial charge < -0.3 is 20.3 Å². The van der Waals surface area contributed by atoms with E-state index in [0.29, 0.717) is 31.0 Å². The molecule has 226 valence electrons. The first-order valence-electron chi connectivity index (χ1n) is 14.8. The molecule has 2 aromatic rings. The van der Waals surface area contributed by atoms with Crippen LogP contribution in [0.2, 0.25) is 0 Å². The Labute approximate surface area is 248 Å². The lowest BCUT2D eigenvalue weighted by atomic mass is 9.95. The van der Waals surface area contributed by atoms with Gasteiger partial charge in [0.1, 0.15) is 17.0 Å². The average molecular weight is 578 g/mol. The van der Waals surface area contributed by atoms with Gasteiger partial charge in [0.05, 0.1) is 13.0 Å². The molecule has 4 amide bonds. The number of hydrogen-bond acceptors (Lipinski definition) is 6. The molecule has 10 heteroatoms. The van der Waals surface area contributed by atoms with Crippen LogP contribution in [0.3, 0.4) is 0 Å². The fourth-order valence-electron chi connectivity index (χ4n) is 5.44. The number of hydrogen-bond donors (Lipinski definition) is 2. The molecule has 42 heavy (non-hydrogen) atoms. The Kier molecular flexibility index (Phi) is 9.53. The maximum absolute atomic E-state index is 13.9. The molecule has 3 heterocycles. The molecule has 1 saturated heterocycles. The number of fused-ring (bicyclic) bond motifs is 2. The van der Waals surface area contributed by atoms with Crippen molar-refractivity contribution in [2.45, 2.75) is 90.7 Å². The lowest BCUT2D eigenvalue weighted by Gasteiger charge is -2.40. The summed E-state index contributed by atoms with van der Waals surface area (Å²) >= 11 is 0. The van der Waals surface area contributed by atoms with E-state index in [1.165, 1.54) is 4.90 Å². The molecule has 1 aromatic carbocycles. The second-order valence-corrected chi connectivity index (χ2v) is 12.6. The second kappa shape index (κ2) is 12.9. The van der Waals surface area contributed by atoms with E-state index in [1.807, 2.05) is 30.3 Å². The first-order valence-corrected chi connectivity index (χ1v) is 14.8. The van der Waals surface area contributed by atoms with Gasteiger partial charge in [0.25, 0.3) is 0 Å². The number of rotatable bonds is 3. The van der Waals surface area contributed by atoms with Crippen molar-refractivity contribution in [2.75, 3.05) is 30.3 Å². The van der Waals surface area contributed by atoms with Crippen molar-refractivity contribution in [3.05, 3.63) is 53.2 Å². The number of amides is 4. The van der Waals surface area contributed by atoms with Gasteiger partial charge in [0.15, 0.2) is 0 Å². The third-order valence-corrected chi connectivity index (χ3v) is 7.61. The van der Waals surface area contributed by atoms with Crippen LogP contribution in [0.15, 0.2) is 36.5 Å². The maximum atomic E-state index is 13.9. The highest BCUT2D eigenvalue weighted by molar-refractivity contribution is 5.97. The summed E-state index contributed by atoms with van der Waals surface area (Å²) < 4.78 is 5.65. The monoisotopic (exact) mass is 577 g/mol. The Hall–Kier alpha value is -3.95. The highest BCUT2D eigenvalue weighted by Gasteiger charge is 2.42. The van der Waals surface area contributed by atoms with Crippen molar-refractivity contribution in [2.24, 2.45) is 0 Å². The van der Waals surface area contributed by atoms with E-state index < -0.39 is 17.2 Å². The van der Waals surface area contributed by atoms with Crippen LogP contribution >= 0.6 is 0 Å². The number of ether oxygens (including phenoxy) is 1. The quantitative estimate of drug-likeness (QED) is 0.535. The first-order chi connectivity index (χ1) is 19.8. The molecule has 1 fully saturated rings. The van der Waals surface area contributed by atoms with Crippen molar-refractivity contribution >= 4 is 35.3 Å². The number of aromatic nitrogens is 1. The molecule has 2 N–H and O–H groups in total. The Bertz CT molecular complexity index is 1330. The van der Waals surface area contributed by atoms with Crippen molar-refractivity contribution in [1.82, 2.24) is 14.8 Å². The van der Waals surface area contributed by atoms with Crippen LogP contribution in [0, 0.1) is 0 Å². The van der Waals surface area contributed by atoms with Gasteiger partial charge in [0.2, 0.25) is 17.7 Å². The summed E-state index contributed by atoms with van der Waals surface area (Å²) in [6.45, 7) is 9.50. The van der Waals surface area contributed by atoms with Crippen LogP contribution in [-0.4, -0.2) is 69.4 Å². The minimum atomic E-state index is -1.20. The second-order valence-electron chi connectivity index (χ2n) is 12.6. The van der Waals surface area contributed by atoms with Gasteiger partial charge in [-0.2, -0.15) is 0 Å². The Morgan fingerprint density at radius 2 is 1.69 bits per heavy atom. The van der Waals surface area contributed by atoms with Crippen molar-refractivity contribution < 1.29 is 23.9 Å². The minimum Gasteiger partial charge on any atom is -0.444 e. The Morgan fingerprint density at radius 1 is 0.976 bits per heavy atom. The van der Waals surface area contributed by atoms with Crippen LogP contribution < -0.4 is 10.6 Å². The van der Waals surface area contributed by atoms with Crippen LogP contribution in [0.25, 0.3) is 0 Å². The number of nitrogens with zero attached hydrogens (tertiary/aromatic N) is 3. The third kappa shape index (κ3) is 7.86. The lowest BCUT2D eigenvalue weighted by molar-refractivity contribution is -0.144. The van der Waals surface area contributed by atoms with Gasteiger partial charge in [-0.15, -0.1) is 0 Å². The van der Waals surface area contributed by atoms with Gasteiger partial charge in [-0.25, -0.2) is 9.78 Å². The summed E-state index contributed by atoms with van der Waals surface area (Å²) in [4.78, 5) is 60.3. The zero-order valence-corrected chi connectivity index (χ0v) is 25.4. The molecule has 0 saturated carbocycles. The summed E-state index contributed by atoms with van der Waals surface area (Å²) in [6, 6.07) is 9.32. The smallest absolute Gasteiger partial charge is 0.411 e. The van der Waals surface area contributed by atoms with Gasteiger partial charge in [-0.05, 0) is 82.3 Å². The lowest BCUT2D eigenvalue weighted by Crippen LogP contribution is -2.59. The number of carbonyl (C=O) groups excluding carboxylic acids is 4. The highest BCUT2D eigenvalue weighted by Crippen LogP contribution is 2.27. The normalized spacial score (nSPS) is 17.9. The van der Waals surface area contributed by atoms with Gasteiger partial charge in [0, 0.05) is 31.4 Å². The largest absolute Gasteiger partial charge is 0.444 e. The molecule has 0 spiro atoms.